The zero-order valence-electron chi connectivity index (χ0n) is 14.7. The average Bonchev–Trinajstić information content (AvgIpc) is 3.39. The highest BCUT2D eigenvalue weighted by molar-refractivity contribution is 6.07. The van der Waals surface area contributed by atoms with Crippen LogP contribution in [0, 0.1) is 0 Å². The number of nitrogens with one attached hydrogen (secondary N) is 1. The second-order valence-electron chi connectivity index (χ2n) is 7.33. The Labute approximate surface area is 147 Å². The molecule has 4 rings (SSSR count). The SMILES string of the molecule is CC(C)N1CCC(NC(=O)c2cc(C3CC3)nc3ccccc23)C1=O. The van der Waals surface area contributed by atoms with Gasteiger partial charge in [-0.15, -0.1) is 0 Å². The molecule has 2 aromatic rings. The van der Waals surface area contributed by atoms with Gasteiger partial charge in [0.2, 0.25) is 5.91 Å². The fourth-order valence-corrected chi connectivity index (χ4v) is 3.56. The van der Waals surface area contributed by atoms with Crippen molar-refractivity contribution in [2.24, 2.45) is 0 Å². The quantitative estimate of drug-likeness (QED) is 0.933. The number of pyridine rings is 1. The molecule has 0 bridgehead atoms. The number of carbonyl (C=O) groups excluding carboxylic acids is 2. The molecular formula is C20H23N3O2. The number of benzene rings is 1. The van der Waals surface area contributed by atoms with Crippen LogP contribution in [0.3, 0.4) is 0 Å². The highest BCUT2D eigenvalue weighted by Crippen LogP contribution is 2.40. The first-order valence-corrected chi connectivity index (χ1v) is 9.05. The fraction of sp³-hybridized carbons (Fsp3) is 0.450. The molecule has 2 heterocycles. The van der Waals surface area contributed by atoms with Gasteiger partial charge < -0.3 is 10.2 Å². The first-order chi connectivity index (χ1) is 12.0. The second kappa shape index (κ2) is 6.14. The predicted molar refractivity (Wildman–Crippen MR) is 96.4 cm³/mol. The van der Waals surface area contributed by atoms with E-state index in [4.69, 9.17) is 4.98 Å². The standard InChI is InChI=1S/C20H23N3O2/c1-12(2)23-10-9-17(20(23)25)22-19(24)15-11-18(13-7-8-13)21-16-6-4-3-5-14(15)16/h3-6,11-13,17H,7-10H2,1-2H3,(H,22,24). The van der Waals surface area contributed by atoms with Crippen LogP contribution in [0.5, 0.6) is 0 Å². The summed E-state index contributed by atoms with van der Waals surface area (Å²) in [5.74, 6) is 0.314. The van der Waals surface area contributed by atoms with Gasteiger partial charge in [0.1, 0.15) is 6.04 Å². The van der Waals surface area contributed by atoms with Gasteiger partial charge in [-0.25, -0.2) is 0 Å². The maximum atomic E-state index is 12.9. The number of nitrogens with zero attached hydrogens (tertiary/aromatic N) is 2. The lowest BCUT2D eigenvalue weighted by atomic mass is 10.0. The van der Waals surface area contributed by atoms with E-state index in [2.05, 4.69) is 5.32 Å². The summed E-state index contributed by atoms with van der Waals surface area (Å²) in [6, 6.07) is 9.37. The van der Waals surface area contributed by atoms with Crippen LogP contribution in [0.4, 0.5) is 0 Å². The van der Waals surface area contributed by atoms with Gasteiger partial charge in [0.05, 0.1) is 11.1 Å². The highest BCUT2D eigenvalue weighted by Gasteiger charge is 2.34. The summed E-state index contributed by atoms with van der Waals surface area (Å²) in [4.78, 5) is 31.9. The zero-order valence-corrected chi connectivity index (χ0v) is 14.7. The van der Waals surface area contributed by atoms with Crippen molar-refractivity contribution >= 4 is 22.7 Å². The van der Waals surface area contributed by atoms with Crippen LogP contribution in [-0.4, -0.2) is 40.3 Å². The average molecular weight is 337 g/mol. The van der Waals surface area contributed by atoms with Crippen LogP contribution >= 0.6 is 0 Å². The van der Waals surface area contributed by atoms with Gasteiger partial charge in [0, 0.05) is 29.6 Å². The Morgan fingerprint density at radius 1 is 1.24 bits per heavy atom. The lowest BCUT2D eigenvalue weighted by Gasteiger charge is -2.21. The molecule has 2 aliphatic rings. The van der Waals surface area contributed by atoms with E-state index >= 15 is 0 Å². The Balaban J connectivity index is 1.63. The number of carbonyl (C=O) groups is 2. The molecule has 1 aliphatic heterocycles. The lowest BCUT2D eigenvalue weighted by Crippen LogP contribution is -2.43. The highest BCUT2D eigenvalue weighted by atomic mass is 16.2. The van der Waals surface area contributed by atoms with Crippen LogP contribution in [0.1, 0.15) is 55.1 Å². The molecule has 130 valence electrons. The Bertz CT molecular complexity index is 842. The number of rotatable bonds is 4. The number of fused-ring (bicyclic) bond motifs is 1. The lowest BCUT2D eigenvalue weighted by molar-refractivity contribution is -0.130. The molecule has 5 nitrogen and oxygen atoms in total. The normalized spacial score (nSPS) is 20.5. The molecule has 5 heteroatoms. The number of likely N-dealkylation sites (tertiary alicyclic amines) is 1. The van der Waals surface area contributed by atoms with Gasteiger partial charge in [-0.2, -0.15) is 0 Å². The molecule has 1 unspecified atom stereocenters. The molecule has 25 heavy (non-hydrogen) atoms. The van der Waals surface area contributed by atoms with Crippen molar-refractivity contribution in [2.45, 2.75) is 51.1 Å². The minimum Gasteiger partial charge on any atom is -0.340 e. The van der Waals surface area contributed by atoms with Gasteiger partial charge in [-0.3, -0.25) is 14.6 Å². The van der Waals surface area contributed by atoms with Crippen LogP contribution in [0.25, 0.3) is 10.9 Å². The van der Waals surface area contributed by atoms with Crippen LogP contribution in [0.2, 0.25) is 0 Å². The first-order valence-electron chi connectivity index (χ1n) is 9.05. The molecule has 1 atom stereocenters. The topological polar surface area (TPSA) is 62.3 Å². The van der Waals surface area contributed by atoms with Crippen molar-refractivity contribution in [1.29, 1.82) is 0 Å². The van der Waals surface area contributed by atoms with E-state index in [9.17, 15) is 9.59 Å². The summed E-state index contributed by atoms with van der Waals surface area (Å²) in [6.45, 7) is 4.70. The third-order valence-electron chi connectivity index (χ3n) is 5.14. The van der Waals surface area contributed by atoms with Gasteiger partial charge in [-0.05, 0) is 45.2 Å². The Hall–Kier alpha value is -2.43. The van der Waals surface area contributed by atoms with E-state index in [1.165, 1.54) is 0 Å². The molecule has 1 saturated carbocycles. The summed E-state index contributed by atoms with van der Waals surface area (Å²) in [5, 5.41) is 3.79. The molecule has 0 spiro atoms. The van der Waals surface area contributed by atoms with E-state index < -0.39 is 6.04 Å². The molecule has 1 N–H and O–H groups in total. The number of hydrogen-bond acceptors (Lipinski definition) is 3. The molecular weight excluding hydrogens is 314 g/mol. The number of para-hydroxylation sites is 1. The number of aromatic nitrogens is 1. The third-order valence-corrected chi connectivity index (χ3v) is 5.14. The minimum absolute atomic E-state index is 0.0177. The van der Waals surface area contributed by atoms with Gasteiger partial charge in [-0.1, -0.05) is 18.2 Å². The summed E-state index contributed by atoms with van der Waals surface area (Å²) in [5.41, 5.74) is 2.47. The smallest absolute Gasteiger partial charge is 0.252 e. The van der Waals surface area contributed by atoms with Crippen molar-refractivity contribution in [1.82, 2.24) is 15.2 Å². The van der Waals surface area contributed by atoms with E-state index in [1.54, 1.807) is 0 Å². The van der Waals surface area contributed by atoms with E-state index in [0.29, 0.717) is 24.4 Å². The molecule has 2 amide bonds. The fourth-order valence-electron chi connectivity index (χ4n) is 3.56. The monoisotopic (exact) mass is 337 g/mol. The maximum absolute atomic E-state index is 12.9. The summed E-state index contributed by atoms with van der Waals surface area (Å²) < 4.78 is 0. The molecule has 1 aliphatic carbocycles. The number of hydrogen-bond donors (Lipinski definition) is 1. The third kappa shape index (κ3) is 2.99. The van der Waals surface area contributed by atoms with E-state index in [1.807, 2.05) is 49.1 Å². The van der Waals surface area contributed by atoms with Gasteiger partial charge in [0.25, 0.3) is 5.91 Å². The van der Waals surface area contributed by atoms with Crippen molar-refractivity contribution in [3.05, 3.63) is 41.6 Å². The van der Waals surface area contributed by atoms with E-state index in [0.717, 1.165) is 29.4 Å². The van der Waals surface area contributed by atoms with Crippen LogP contribution < -0.4 is 5.32 Å². The van der Waals surface area contributed by atoms with E-state index in [-0.39, 0.29) is 17.9 Å². The minimum atomic E-state index is -0.425. The van der Waals surface area contributed by atoms with Crippen molar-refractivity contribution in [3.63, 3.8) is 0 Å². The van der Waals surface area contributed by atoms with Crippen molar-refractivity contribution in [2.75, 3.05) is 6.54 Å². The van der Waals surface area contributed by atoms with Crippen molar-refractivity contribution < 1.29 is 9.59 Å². The Morgan fingerprint density at radius 3 is 2.68 bits per heavy atom. The van der Waals surface area contributed by atoms with Gasteiger partial charge >= 0.3 is 0 Å². The largest absolute Gasteiger partial charge is 0.340 e. The number of amides is 2. The Kier molecular flexibility index (Phi) is 3.94. The predicted octanol–water partition coefficient (Wildman–Crippen LogP) is 2.85. The molecule has 0 radical (unpaired) electrons. The summed E-state index contributed by atoms with van der Waals surface area (Å²) in [6.07, 6.45) is 2.94. The molecule has 1 saturated heterocycles. The zero-order chi connectivity index (χ0) is 17.6. The van der Waals surface area contributed by atoms with Crippen molar-refractivity contribution in [3.8, 4) is 0 Å². The Morgan fingerprint density at radius 2 is 2.00 bits per heavy atom. The summed E-state index contributed by atoms with van der Waals surface area (Å²) in [7, 11) is 0. The first kappa shape index (κ1) is 16.1. The molecule has 2 fully saturated rings. The van der Waals surface area contributed by atoms with Gasteiger partial charge in [0.15, 0.2) is 0 Å². The maximum Gasteiger partial charge on any atom is 0.252 e. The molecule has 1 aromatic heterocycles. The molecule has 1 aromatic carbocycles. The van der Waals surface area contributed by atoms with Crippen LogP contribution in [-0.2, 0) is 4.79 Å². The summed E-state index contributed by atoms with van der Waals surface area (Å²) >= 11 is 0. The van der Waals surface area contributed by atoms with Crippen LogP contribution in [0.15, 0.2) is 30.3 Å². The second-order valence-corrected chi connectivity index (χ2v) is 7.33.